The molecule has 0 fully saturated rings. The van der Waals surface area contributed by atoms with E-state index in [0.29, 0.717) is 16.5 Å². The number of nitrogens with zero attached hydrogens (tertiary/aromatic N) is 1. The fourth-order valence-corrected chi connectivity index (χ4v) is 1.49. The summed E-state index contributed by atoms with van der Waals surface area (Å²) in [5, 5.41) is 15.7. The number of hydrogen-bond donors (Lipinski definition) is 3. The van der Waals surface area contributed by atoms with Crippen LogP contribution < -0.4 is 5.73 Å². The molecule has 18 heavy (non-hydrogen) atoms. The number of H-pyrrole nitrogens is 1. The molecule has 1 amide bonds. The van der Waals surface area contributed by atoms with Gasteiger partial charge in [0, 0.05) is 10.9 Å². The predicted octanol–water partition coefficient (Wildman–Crippen LogP) is 0.488. The Morgan fingerprint density at radius 1 is 1.44 bits per heavy atom. The van der Waals surface area contributed by atoms with Crippen LogP contribution in [0.1, 0.15) is 22.5 Å². The van der Waals surface area contributed by atoms with E-state index < -0.39 is 11.9 Å². The summed E-state index contributed by atoms with van der Waals surface area (Å²) in [6, 6.07) is 5.00. The maximum absolute atomic E-state index is 10.9. The summed E-state index contributed by atoms with van der Waals surface area (Å²) in [6.07, 6.45) is -0.0325. The van der Waals surface area contributed by atoms with Crippen LogP contribution in [0.4, 0.5) is 0 Å². The van der Waals surface area contributed by atoms with Gasteiger partial charge < -0.3 is 10.8 Å². The molecule has 1 heterocycles. The second kappa shape index (κ2) is 4.59. The lowest BCUT2D eigenvalue weighted by molar-refractivity contribution is -0.117. The average Bonchev–Trinajstić information content (AvgIpc) is 2.71. The molecular weight excluding hydrogens is 234 g/mol. The third-order valence-corrected chi connectivity index (χ3v) is 2.26. The summed E-state index contributed by atoms with van der Waals surface area (Å²) in [7, 11) is 0. The quantitative estimate of drug-likeness (QED) is 0.666. The first kappa shape index (κ1) is 11.7. The van der Waals surface area contributed by atoms with Crippen LogP contribution in [0.5, 0.6) is 0 Å². The minimum atomic E-state index is -1.11. The van der Waals surface area contributed by atoms with Gasteiger partial charge in [0.05, 0.1) is 11.9 Å². The van der Waals surface area contributed by atoms with E-state index in [1.807, 2.05) is 0 Å². The van der Waals surface area contributed by atoms with E-state index in [0.717, 1.165) is 0 Å². The molecule has 0 radical (unpaired) electrons. The van der Waals surface area contributed by atoms with Crippen LogP contribution in [-0.2, 0) is 4.79 Å². The zero-order chi connectivity index (χ0) is 13.1. The molecule has 0 atom stereocenters. The van der Waals surface area contributed by atoms with E-state index in [4.69, 9.17) is 10.8 Å². The minimum Gasteiger partial charge on any atom is -0.476 e. The first-order valence-electron chi connectivity index (χ1n) is 5.06. The highest BCUT2D eigenvalue weighted by atomic mass is 16.4. The number of aromatic carboxylic acids is 1. The van der Waals surface area contributed by atoms with Gasteiger partial charge in [-0.05, 0) is 18.2 Å². The highest BCUT2D eigenvalue weighted by Crippen LogP contribution is 2.17. The molecule has 0 unspecified atom stereocenters. The van der Waals surface area contributed by atoms with Crippen LogP contribution in [0.15, 0.2) is 18.2 Å². The molecule has 1 aromatic heterocycles. The summed E-state index contributed by atoms with van der Waals surface area (Å²) in [5.74, 6) is 3.73. The summed E-state index contributed by atoms with van der Waals surface area (Å²) in [6.45, 7) is 0. The van der Waals surface area contributed by atoms with Crippen LogP contribution in [0, 0.1) is 11.8 Å². The van der Waals surface area contributed by atoms with Crippen LogP contribution >= 0.6 is 0 Å². The van der Waals surface area contributed by atoms with Crippen molar-refractivity contribution < 1.29 is 14.7 Å². The highest BCUT2D eigenvalue weighted by molar-refractivity contribution is 6.01. The number of benzene rings is 1. The van der Waals surface area contributed by atoms with Crippen molar-refractivity contribution in [2.24, 2.45) is 5.73 Å². The number of hydrogen-bond acceptors (Lipinski definition) is 3. The van der Waals surface area contributed by atoms with Crippen molar-refractivity contribution in [2.45, 2.75) is 6.42 Å². The van der Waals surface area contributed by atoms with Crippen LogP contribution in [0.2, 0.25) is 0 Å². The van der Waals surface area contributed by atoms with E-state index in [1.54, 1.807) is 18.2 Å². The Bertz CT molecular complexity index is 691. The standard InChI is InChI=1S/C12H9N3O3/c13-10(16)3-1-2-7-4-5-9-8(6-7)11(12(17)18)15-14-9/h4-6H,3H2,(H2,13,16)(H,14,15)(H,17,18). The molecule has 6 nitrogen and oxygen atoms in total. The number of carboxylic acid groups (broad SMARTS) is 1. The molecule has 2 aromatic rings. The number of amides is 1. The molecule has 0 aliphatic heterocycles. The van der Waals surface area contributed by atoms with Gasteiger partial charge in [0.15, 0.2) is 5.69 Å². The van der Waals surface area contributed by atoms with Gasteiger partial charge in [-0.2, -0.15) is 5.10 Å². The second-order valence-corrected chi connectivity index (χ2v) is 3.58. The van der Waals surface area contributed by atoms with Crippen molar-refractivity contribution in [1.29, 1.82) is 0 Å². The Kier molecular flexibility index (Phi) is 2.98. The molecule has 0 aliphatic rings. The third kappa shape index (κ3) is 2.30. The first-order chi connectivity index (χ1) is 8.58. The molecule has 0 bridgehead atoms. The maximum Gasteiger partial charge on any atom is 0.357 e. The highest BCUT2D eigenvalue weighted by Gasteiger charge is 2.12. The topological polar surface area (TPSA) is 109 Å². The van der Waals surface area contributed by atoms with Crippen molar-refractivity contribution in [3.05, 3.63) is 29.5 Å². The van der Waals surface area contributed by atoms with Crippen molar-refractivity contribution in [2.75, 3.05) is 0 Å². The number of rotatable bonds is 2. The third-order valence-electron chi connectivity index (χ3n) is 2.26. The Hall–Kier alpha value is -2.81. The molecular formula is C12H9N3O3. The lowest BCUT2D eigenvalue weighted by Crippen LogP contribution is -2.08. The fourth-order valence-electron chi connectivity index (χ4n) is 1.49. The normalized spacial score (nSPS) is 9.78. The second-order valence-electron chi connectivity index (χ2n) is 3.58. The monoisotopic (exact) mass is 243 g/mol. The molecule has 0 saturated heterocycles. The molecule has 90 valence electrons. The van der Waals surface area contributed by atoms with E-state index in [9.17, 15) is 9.59 Å². The molecule has 0 aliphatic carbocycles. The molecule has 2 rings (SSSR count). The zero-order valence-electron chi connectivity index (χ0n) is 9.23. The van der Waals surface area contributed by atoms with Crippen molar-refractivity contribution in [1.82, 2.24) is 10.2 Å². The number of fused-ring (bicyclic) bond motifs is 1. The summed E-state index contributed by atoms with van der Waals surface area (Å²) < 4.78 is 0. The Morgan fingerprint density at radius 3 is 2.89 bits per heavy atom. The number of aromatic amines is 1. The zero-order valence-corrected chi connectivity index (χ0v) is 9.23. The lowest BCUT2D eigenvalue weighted by Gasteiger charge is -1.92. The van der Waals surface area contributed by atoms with Crippen LogP contribution in [0.25, 0.3) is 10.9 Å². The first-order valence-corrected chi connectivity index (χ1v) is 5.06. The van der Waals surface area contributed by atoms with Gasteiger partial charge in [0.25, 0.3) is 0 Å². The maximum atomic E-state index is 10.9. The van der Waals surface area contributed by atoms with Crippen molar-refractivity contribution in [3.63, 3.8) is 0 Å². The molecule has 0 saturated carbocycles. The van der Waals surface area contributed by atoms with Gasteiger partial charge >= 0.3 is 5.97 Å². The molecule has 6 heteroatoms. The SMILES string of the molecule is NC(=O)CC#Cc1ccc2[nH]nc(C(=O)O)c2c1. The van der Waals surface area contributed by atoms with Gasteiger partial charge in [-0.25, -0.2) is 4.79 Å². The number of aromatic nitrogens is 2. The van der Waals surface area contributed by atoms with E-state index in [-0.39, 0.29) is 12.1 Å². The van der Waals surface area contributed by atoms with E-state index in [1.165, 1.54) is 0 Å². The van der Waals surface area contributed by atoms with E-state index in [2.05, 4.69) is 22.0 Å². The smallest absolute Gasteiger partial charge is 0.357 e. The minimum absolute atomic E-state index is 0.0325. The van der Waals surface area contributed by atoms with Crippen molar-refractivity contribution >= 4 is 22.8 Å². The Balaban J connectivity index is 2.41. The molecule has 1 aromatic carbocycles. The fraction of sp³-hybridized carbons (Fsp3) is 0.0833. The number of carboxylic acids is 1. The average molecular weight is 243 g/mol. The Labute approximate surface area is 102 Å². The van der Waals surface area contributed by atoms with E-state index >= 15 is 0 Å². The van der Waals surface area contributed by atoms with Gasteiger partial charge in [0.2, 0.25) is 5.91 Å². The lowest BCUT2D eigenvalue weighted by atomic mass is 10.1. The largest absolute Gasteiger partial charge is 0.476 e. The number of nitrogens with one attached hydrogen (secondary N) is 1. The molecule has 4 N–H and O–H groups in total. The van der Waals surface area contributed by atoms with Crippen molar-refractivity contribution in [3.8, 4) is 11.8 Å². The number of nitrogens with two attached hydrogens (primary N) is 1. The van der Waals surface area contributed by atoms with Gasteiger partial charge in [0.1, 0.15) is 0 Å². The van der Waals surface area contributed by atoms with Crippen LogP contribution in [0.3, 0.4) is 0 Å². The molecule has 0 spiro atoms. The number of primary amides is 1. The predicted molar refractivity (Wildman–Crippen MR) is 63.7 cm³/mol. The number of carbonyl (C=O) groups is 2. The summed E-state index contributed by atoms with van der Waals surface area (Å²) in [5.41, 5.74) is 6.13. The Morgan fingerprint density at radius 2 is 2.22 bits per heavy atom. The summed E-state index contributed by atoms with van der Waals surface area (Å²) >= 11 is 0. The van der Waals surface area contributed by atoms with Crippen LogP contribution in [-0.4, -0.2) is 27.2 Å². The van der Waals surface area contributed by atoms with Gasteiger partial charge in [-0.1, -0.05) is 11.8 Å². The number of carbonyl (C=O) groups excluding carboxylic acids is 1. The summed E-state index contributed by atoms with van der Waals surface area (Å²) in [4.78, 5) is 21.4. The van der Waals surface area contributed by atoms with Gasteiger partial charge in [-0.15, -0.1) is 0 Å². The van der Waals surface area contributed by atoms with Gasteiger partial charge in [-0.3, -0.25) is 9.89 Å².